The van der Waals surface area contributed by atoms with E-state index in [4.69, 9.17) is 4.98 Å². The van der Waals surface area contributed by atoms with Crippen LogP contribution in [0, 0.1) is 0 Å². The van der Waals surface area contributed by atoms with E-state index in [1.807, 2.05) is 12.1 Å². The number of pyridine rings is 2. The first kappa shape index (κ1) is 13.4. The second-order valence-corrected chi connectivity index (χ2v) is 5.69. The molecule has 1 N–H and O–H groups in total. The maximum Gasteiger partial charge on any atom is 0.137 e. The van der Waals surface area contributed by atoms with Crippen molar-refractivity contribution in [3.05, 3.63) is 54.6 Å². The molecule has 1 saturated heterocycles. The van der Waals surface area contributed by atoms with Crippen molar-refractivity contribution >= 4 is 5.65 Å². The first-order chi connectivity index (χ1) is 10.9. The number of piperazine rings is 1. The molecule has 0 bridgehead atoms. The van der Waals surface area contributed by atoms with Crippen LogP contribution in [0.5, 0.6) is 0 Å². The van der Waals surface area contributed by atoms with Gasteiger partial charge in [-0.05, 0) is 29.8 Å². The minimum atomic E-state index is 0.988. The lowest BCUT2D eigenvalue weighted by Gasteiger charge is -2.27. The van der Waals surface area contributed by atoms with Crippen LogP contribution in [0.3, 0.4) is 0 Å². The zero-order chi connectivity index (χ0) is 14.8. The average Bonchev–Trinajstić information content (AvgIpc) is 3.00. The predicted octanol–water partition coefficient (Wildman–Crippen LogP) is 1.80. The zero-order valence-corrected chi connectivity index (χ0v) is 12.4. The second-order valence-electron chi connectivity index (χ2n) is 5.69. The fourth-order valence-electron chi connectivity index (χ4n) is 2.91. The number of hydrogen-bond acceptors (Lipinski definition) is 4. The van der Waals surface area contributed by atoms with Crippen molar-refractivity contribution in [1.29, 1.82) is 0 Å². The number of imidazole rings is 1. The molecule has 5 nitrogen and oxygen atoms in total. The van der Waals surface area contributed by atoms with Gasteiger partial charge in [0.2, 0.25) is 0 Å². The molecule has 0 aromatic carbocycles. The number of aromatic nitrogens is 3. The topological polar surface area (TPSA) is 45.5 Å². The van der Waals surface area contributed by atoms with Gasteiger partial charge in [0.1, 0.15) is 5.65 Å². The zero-order valence-electron chi connectivity index (χ0n) is 12.4. The fraction of sp³-hybridized carbons (Fsp3) is 0.294. The van der Waals surface area contributed by atoms with Crippen LogP contribution >= 0.6 is 0 Å². The molecule has 1 aliphatic rings. The Bertz CT molecular complexity index is 759. The molecule has 0 radical (unpaired) electrons. The Hall–Kier alpha value is -2.24. The van der Waals surface area contributed by atoms with Gasteiger partial charge < -0.3 is 9.72 Å². The van der Waals surface area contributed by atoms with Crippen LogP contribution in [0.2, 0.25) is 0 Å². The van der Waals surface area contributed by atoms with Gasteiger partial charge in [-0.15, -0.1) is 0 Å². The summed E-state index contributed by atoms with van der Waals surface area (Å²) in [5, 5.41) is 3.39. The molecule has 1 fully saturated rings. The molecule has 22 heavy (non-hydrogen) atoms. The van der Waals surface area contributed by atoms with E-state index in [-0.39, 0.29) is 0 Å². The highest BCUT2D eigenvalue weighted by Crippen LogP contribution is 2.19. The first-order valence-corrected chi connectivity index (χ1v) is 7.70. The van der Waals surface area contributed by atoms with Crippen molar-refractivity contribution in [1.82, 2.24) is 24.6 Å². The molecule has 0 atom stereocenters. The van der Waals surface area contributed by atoms with Crippen molar-refractivity contribution in [3.8, 4) is 11.3 Å². The van der Waals surface area contributed by atoms with Gasteiger partial charge in [-0.1, -0.05) is 0 Å². The van der Waals surface area contributed by atoms with E-state index in [1.54, 1.807) is 12.4 Å². The smallest absolute Gasteiger partial charge is 0.137 e. The van der Waals surface area contributed by atoms with Gasteiger partial charge >= 0.3 is 0 Å². The van der Waals surface area contributed by atoms with E-state index >= 15 is 0 Å². The highest BCUT2D eigenvalue weighted by atomic mass is 15.2. The van der Waals surface area contributed by atoms with E-state index in [0.29, 0.717) is 0 Å². The van der Waals surface area contributed by atoms with Crippen molar-refractivity contribution < 1.29 is 0 Å². The molecular weight excluding hydrogens is 274 g/mol. The second kappa shape index (κ2) is 5.87. The van der Waals surface area contributed by atoms with Gasteiger partial charge in [0.25, 0.3) is 0 Å². The van der Waals surface area contributed by atoms with Crippen LogP contribution in [-0.2, 0) is 6.54 Å². The molecular formula is C17H19N5. The number of fused-ring (bicyclic) bond motifs is 1. The summed E-state index contributed by atoms with van der Waals surface area (Å²) in [6.45, 7) is 5.38. The lowest BCUT2D eigenvalue weighted by molar-refractivity contribution is 0.233. The molecule has 0 spiro atoms. The van der Waals surface area contributed by atoms with Crippen LogP contribution in [0.15, 0.2) is 49.1 Å². The number of nitrogens with one attached hydrogen (secondary N) is 1. The Morgan fingerprint density at radius 1 is 1.09 bits per heavy atom. The van der Waals surface area contributed by atoms with Crippen LogP contribution in [0.25, 0.3) is 16.9 Å². The molecule has 3 aromatic heterocycles. The molecule has 0 aliphatic carbocycles. The summed E-state index contributed by atoms with van der Waals surface area (Å²) >= 11 is 0. The highest BCUT2D eigenvalue weighted by Gasteiger charge is 2.11. The lowest BCUT2D eigenvalue weighted by atomic mass is 10.2. The van der Waals surface area contributed by atoms with Crippen molar-refractivity contribution in [2.75, 3.05) is 26.2 Å². The van der Waals surface area contributed by atoms with Gasteiger partial charge in [0.05, 0.1) is 5.69 Å². The summed E-state index contributed by atoms with van der Waals surface area (Å²) in [7, 11) is 0. The minimum Gasteiger partial charge on any atom is -0.314 e. The molecule has 0 unspecified atom stereocenters. The number of hydrogen-bond donors (Lipinski definition) is 1. The van der Waals surface area contributed by atoms with Crippen molar-refractivity contribution in [2.24, 2.45) is 0 Å². The maximum absolute atomic E-state index is 4.74. The van der Waals surface area contributed by atoms with Gasteiger partial charge in [0, 0.05) is 63.1 Å². The minimum absolute atomic E-state index is 0.988. The van der Waals surface area contributed by atoms with E-state index in [1.165, 1.54) is 5.56 Å². The summed E-state index contributed by atoms with van der Waals surface area (Å²) in [5.41, 5.74) is 4.41. The van der Waals surface area contributed by atoms with Crippen LogP contribution < -0.4 is 5.32 Å². The summed E-state index contributed by atoms with van der Waals surface area (Å²) in [5.74, 6) is 0. The summed E-state index contributed by atoms with van der Waals surface area (Å²) in [4.78, 5) is 11.3. The third kappa shape index (κ3) is 2.73. The van der Waals surface area contributed by atoms with E-state index in [0.717, 1.165) is 49.6 Å². The Balaban J connectivity index is 1.60. The summed E-state index contributed by atoms with van der Waals surface area (Å²) in [6.07, 6.45) is 7.77. The molecule has 5 heteroatoms. The molecule has 112 valence electrons. The van der Waals surface area contributed by atoms with Gasteiger partial charge in [-0.2, -0.15) is 0 Å². The third-order valence-electron chi connectivity index (χ3n) is 4.12. The van der Waals surface area contributed by atoms with Gasteiger partial charge in [0.15, 0.2) is 0 Å². The molecule has 0 amide bonds. The molecule has 4 rings (SSSR count). The van der Waals surface area contributed by atoms with Crippen LogP contribution in [-0.4, -0.2) is 45.4 Å². The van der Waals surface area contributed by atoms with E-state index in [9.17, 15) is 0 Å². The maximum atomic E-state index is 4.74. The normalized spacial score (nSPS) is 16.2. The Morgan fingerprint density at radius 3 is 2.73 bits per heavy atom. The summed E-state index contributed by atoms with van der Waals surface area (Å²) in [6, 6.07) is 8.35. The number of nitrogens with zero attached hydrogens (tertiary/aromatic N) is 4. The van der Waals surface area contributed by atoms with Gasteiger partial charge in [-0.3, -0.25) is 9.88 Å². The number of rotatable bonds is 3. The standard InChI is InChI=1S/C17H19N5/c1-4-18-5-2-15(1)16-13-22-8-3-14(11-17(22)20-16)12-21-9-6-19-7-10-21/h1-5,8,11,13,19H,6-7,9-10,12H2. The molecule has 4 heterocycles. The van der Waals surface area contributed by atoms with Crippen LogP contribution in [0.1, 0.15) is 5.56 Å². The van der Waals surface area contributed by atoms with E-state index < -0.39 is 0 Å². The molecule has 1 aliphatic heterocycles. The Morgan fingerprint density at radius 2 is 1.91 bits per heavy atom. The van der Waals surface area contributed by atoms with E-state index in [2.05, 4.69) is 44.1 Å². The molecule has 3 aromatic rings. The fourth-order valence-corrected chi connectivity index (χ4v) is 2.91. The third-order valence-corrected chi connectivity index (χ3v) is 4.12. The summed E-state index contributed by atoms with van der Waals surface area (Å²) < 4.78 is 2.08. The van der Waals surface area contributed by atoms with Crippen molar-refractivity contribution in [2.45, 2.75) is 6.54 Å². The Labute approximate surface area is 129 Å². The average molecular weight is 293 g/mol. The van der Waals surface area contributed by atoms with Gasteiger partial charge in [-0.25, -0.2) is 4.98 Å². The van der Waals surface area contributed by atoms with Crippen LogP contribution in [0.4, 0.5) is 0 Å². The highest BCUT2D eigenvalue weighted by molar-refractivity contribution is 5.62. The Kier molecular flexibility index (Phi) is 3.58. The SMILES string of the molecule is c1cc(-c2cn3ccc(CN4CCNCC4)cc3n2)ccn1. The van der Waals surface area contributed by atoms with Crippen molar-refractivity contribution in [3.63, 3.8) is 0 Å². The predicted molar refractivity (Wildman–Crippen MR) is 86.6 cm³/mol. The monoisotopic (exact) mass is 293 g/mol. The first-order valence-electron chi connectivity index (χ1n) is 7.70. The molecule has 0 saturated carbocycles. The lowest BCUT2D eigenvalue weighted by Crippen LogP contribution is -2.42. The quantitative estimate of drug-likeness (QED) is 0.800. The largest absolute Gasteiger partial charge is 0.314 e.